The molecule has 1 N–H and O–H groups in total. The number of benzene rings is 2. The third kappa shape index (κ3) is 4.16. The average Bonchev–Trinajstić information content (AvgIpc) is 3.11. The van der Waals surface area contributed by atoms with Crippen LogP contribution in [0.2, 0.25) is 0 Å². The number of halogens is 1. The van der Waals surface area contributed by atoms with E-state index >= 15 is 0 Å². The van der Waals surface area contributed by atoms with Gasteiger partial charge in [-0.3, -0.25) is 14.2 Å². The molecule has 2 heterocycles. The molecule has 32 heavy (non-hydrogen) atoms. The first-order valence-electron chi connectivity index (χ1n) is 10.4. The van der Waals surface area contributed by atoms with E-state index in [1.54, 1.807) is 29.9 Å². The van der Waals surface area contributed by atoms with Crippen molar-refractivity contribution in [1.82, 2.24) is 24.6 Å². The minimum absolute atomic E-state index is 0.0767. The number of amides is 1. The fourth-order valence-electron chi connectivity index (χ4n) is 3.60. The van der Waals surface area contributed by atoms with E-state index in [4.69, 9.17) is 0 Å². The van der Waals surface area contributed by atoms with Gasteiger partial charge in [-0.25, -0.2) is 14.1 Å². The number of fused-ring (bicyclic) bond motifs is 1. The quantitative estimate of drug-likeness (QED) is 0.507. The molecule has 4 aromatic rings. The van der Waals surface area contributed by atoms with Crippen LogP contribution in [0.1, 0.15) is 28.9 Å². The zero-order chi connectivity index (χ0) is 22.8. The lowest BCUT2D eigenvalue weighted by molar-refractivity contribution is -0.121. The number of rotatable bonds is 6. The topological polar surface area (TPSA) is 81.8 Å². The van der Waals surface area contributed by atoms with Gasteiger partial charge in [0.25, 0.3) is 5.56 Å². The first-order chi connectivity index (χ1) is 15.3. The van der Waals surface area contributed by atoms with E-state index in [1.165, 1.54) is 10.6 Å². The monoisotopic (exact) mass is 433 g/mol. The van der Waals surface area contributed by atoms with Gasteiger partial charge >= 0.3 is 0 Å². The first kappa shape index (κ1) is 21.4. The molecule has 0 unspecified atom stereocenters. The summed E-state index contributed by atoms with van der Waals surface area (Å²) < 4.78 is 16.9. The lowest BCUT2D eigenvalue weighted by Crippen LogP contribution is -2.27. The van der Waals surface area contributed by atoms with Crippen molar-refractivity contribution in [2.45, 2.75) is 33.2 Å². The molecule has 0 atom stereocenters. The number of nitrogens with one attached hydrogen (secondary N) is 1. The molecule has 8 heteroatoms. The minimum atomic E-state index is -0.366. The summed E-state index contributed by atoms with van der Waals surface area (Å²) in [5.41, 5.74) is 4.32. The average molecular weight is 433 g/mol. The maximum Gasteiger partial charge on any atom is 0.273 e. The molecule has 2 aromatic carbocycles. The number of aromatic nitrogens is 4. The Morgan fingerprint density at radius 2 is 1.81 bits per heavy atom. The van der Waals surface area contributed by atoms with Crippen molar-refractivity contribution >= 4 is 17.1 Å². The zero-order valence-electron chi connectivity index (χ0n) is 18.2. The lowest BCUT2D eigenvalue weighted by Gasteiger charge is -2.09. The van der Waals surface area contributed by atoms with E-state index in [0.717, 1.165) is 11.3 Å². The molecule has 0 aliphatic heterocycles. The lowest BCUT2D eigenvalue weighted by atomic mass is 10.2. The molecule has 0 saturated carbocycles. The minimum Gasteiger partial charge on any atom is -0.352 e. The van der Waals surface area contributed by atoms with E-state index < -0.39 is 0 Å². The molecular formula is C24H24FN5O2. The highest BCUT2D eigenvalue weighted by atomic mass is 19.1. The Kier molecular flexibility index (Phi) is 5.85. The van der Waals surface area contributed by atoms with Gasteiger partial charge in [0, 0.05) is 32.0 Å². The molecule has 0 aliphatic carbocycles. The van der Waals surface area contributed by atoms with Gasteiger partial charge in [-0.2, -0.15) is 5.10 Å². The van der Waals surface area contributed by atoms with Crippen molar-refractivity contribution in [3.63, 3.8) is 0 Å². The van der Waals surface area contributed by atoms with Crippen molar-refractivity contribution in [2.24, 2.45) is 7.05 Å². The van der Waals surface area contributed by atoms with Crippen molar-refractivity contribution in [1.29, 1.82) is 0 Å². The van der Waals surface area contributed by atoms with Gasteiger partial charge in [-0.05, 0) is 32.0 Å². The molecule has 0 saturated heterocycles. The molecule has 1 amide bonds. The maximum absolute atomic E-state index is 13.7. The highest BCUT2D eigenvalue weighted by molar-refractivity contribution is 5.77. The second kappa shape index (κ2) is 8.74. The third-order valence-electron chi connectivity index (χ3n) is 5.42. The molecule has 2 aromatic heterocycles. The Hall–Kier alpha value is -3.81. The van der Waals surface area contributed by atoms with Crippen LogP contribution in [0.5, 0.6) is 0 Å². The first-order valence-corrected chi connectivity index (χ1v) is 10.4. The summed E-state index contributed by atoms with van der Waals surface area (Å²) in [6, 6.07) is 14.1. The highest BCUT2D eigenvalue weighted by Gasteiger charge is 2.18. The number of carbonyl (C=O) groups is 1. The van der Waals surface area contributed by atoms with E-state index in [1.807, 2.05) is 38.1 Å². The summed E-state index contributed by atoms with van der Waals surface area (Å²) in [4.78, 5) is 29.7. The number of nitrogens with zero attached hydrogens (tertiary/aromatic N) is 4. The predicted molar refractivity (Wildman–Crippen MR) is 120 cm³/mol. The Bertz CT molecular complexity index is 1360. The molecule has 0 spiro atoms. The second-order valence-corrected chi connectivity index (χ2v) is 7.80. The second-order valence-electron chi connectivity index (χ2n) is 7.80. The fourth-order valence-corrected chi connectivity index (χ4v) is 3.60. The summed E-state index contributed by atoms with van der Waals surface area (Å²) in [6.07, 6.45) is 0.258. The van der Waals surface area contributed by atoms with E-state index in [0.29, 0.717) is 28.1 Å². The van der Waals surface area contributed by atoms with Crippen LogP contribution in [0.3, 0.4) is 0 Å². The Balaban J connectivity index is 1.55. The molecule has 0 radical (unpaired) electrons. The number of hydrogen-bond donors (Lipinski definition) is 1. The molecular weight excluding hydrogens is 409 g/mol. The Labute approximate surface area is 184 Å². The van der Waals surface area contributed by atoms with Crippen molar-refractivity contribution < 1.29 is 9.18 Å². The Morgan fingerprint density at radius 3 is 2.53 bits per heavy atom. The van der Waals surface area contributed by atoms with Gasteiger partial charge in [-0.1, -0.05) is 35.9 Å². The standard InChI is InChI=1S/C24H24FN5O2/c1-15-8-10-18(11-9-15)30-23-22(16(2)28-30)27-20(24(32)29(23)3)12-13-21(31)26-14-17-6-4-5-7-19(17)25/h4-11H,12-14H2,1-3H3,(H,26,31). The summed E-state index contributed by atoms with van der Waals surface area (Å²) in [5, 5.41) is 7.27. The fraction of sp³-hybridized carbons (Fsp3) is 0.250. The molecule has 7 nitrogen and oxygen atoms in total. The van der Waals surface area contributed by atoms with Gasteiger partial charge in [-0.15, -0.1) is 0 Å². The van der Waals surface area contributed by atoms with Crippen LogP contribution in [0, 0.1) is 19.7 Å². The van der Waals surface area contributed by atoms with Crippen LogP contribution in [-0.4, -0.2) is 25.2 Å². The smallest absolute Gasteiger partial charge is 0.273 e. The van der Waals surface area contributed by atoms with Gasteiger partial charge in [0.15, 0.2) is 5.65 Å². The van der Waals surface area contributed by atoms with Crippen LogP contribution in [0.4, 0.5) is 4.39 Å². The highest BCUT2D eigenvalue weighted by Crippen LogP contribution is 2.19. The van der Waals surface area contributed by atoms with E-state index in [2.05, 4.69) is 15.4 Å². The SMILES string of the molecule is Cc1ccc(-n2nc(C)c3nc(CCC(=O)NCc4ccccc4F)c(=O)n(C)c32)cc1. The molecule has 0 bridgehead atoms. The molecule has 4 rings (SSSR count). The maximum atomic E-state index is 13.7. The summed E-state index contributed by atoms with van der Waals surface area (Å²) >= 11 is 0. The number of carbonyl (C=O) groups excluding carboxylic acids is 1. The summed E-state index contributed by atoms with van der Waals surface area (Å²) in [6.45, 7) is 3.94. The van der Waals surface area contributed by atoms with Crippen LogP contribution >= 0.6 is 0 Å². The van der Waals surface area contributed by atoms with E-state index in [-0.39, 0.29) is 36.7 Å². The zero-order valence-corrected chi connectivity index (χ0v) is 18.2. The largest absolute Gasteiger partial charge is 0.352 e. The third-order valence-corrected chi connectivity index (χ3v) is 5.42. The Morgan fingerprint density at radius 1 is 1.09 bits per heavy atom. The van der Waals surface area contributed by atoms with Crippen LogP contribution in [0.15, 0.2) is 53.3 Å². The summed E-state index contributed by atoms with van der Waals surface area (Å²) in [7, 11) is 1.68. The number of aryl methyl sites for hydroxylation is 4. The molecule has 0 fully saturated rings. The van der Waals surface area contributed by atoms with E-state index in [9.17, 15) is 14.0 Å². The predicted octanol–water partition coefficient (Wildman–Crippen LogP) is 3.12. The molecule has 0 aliphatic rings. The van der Waals surface area contributed by atoms with Gasteiger partial charge < -0.3 is 5.32 Å². The van der Waals surface area contributed by atoms with Crippen molar-refractivity contribution in [3.05, 3.63) is 87.2 Å². The summed E-state index contributed by atoms with van der Waals surface area (Å²) in [5.74, 6) is -0.640. The van der Waals surface area contributed by atoms with Gasteiger partial charge in [0.1, 0.15) is 17.0 Å². The van der Waals surface area contributed by atoms with Crippen molar-refractivity contribution in [2.75, 3.05) is 0 Å². The van der Waals surface area contributed by atoms with Gasteiger partial charge in [0.05, 0.1) is 11.4 Å². The molecule has 164 valence electrons. The van der Waals surface area contributed by atoms with Crippen molar-refractivity contribution in [3.8, 4) is 5.69 Å². The van der Waals surface area contributed by atoms with Crippen LogP contribution in [-0.2, 0) is 24.8 Å². The number of hydrogen-bond acceptors (Lipinski definition) is 4. The van der Waals surface area contributed by atoms with Crippen LogP contribution < -0.4 is 10.9 Å². The van der Waals surface area contributed by atoms with Crippen LogP contribution in [0.25, 0.3) is 16.9 Å². The van der Waals surface area contributed by atoms with Gasteiger partial charge in [0.2, 0.25) is 5.91 Å². The normalized spacial score (nSPS) is 11.1.